The Balaban J connectivity index is 2.34. The monoisotopic (exact) mass is 198 g/mol. The molecule has 1 saturated heterocycles. The molecule has 0 spiro atoms. The quantitative estimate of drug-likeness (QED) is 0.733. The molecular weight excluding hydrogens is 184 g/mol. The van der Waals surface area contributed by atoms with Crippen molar-refractivity contribution in [1.82, 2.24) is 4.90 Å². The van der Waals surface area contributed by atoms with Crippen molar-refractivity contribution >= 4 is 6.09 Å². The maximum atomic E-state index is 10.8. The first-order valence-electron chi connectivity index (χ1n) is 4.70. The van der Waals surface area contributed by atoms with Crippen LogP contribution >= 0.6 is 0 Å². The number of carboxylic acid groups (broad SMARTS) is 1. The van der Waals surface area contributed by atoms with E-state index in [0.717, 1.165) is 19.4 Å². The summed E-state index contributed by atoms with van der Waals surface area (Å²) in [6.45, 7) is 1.37. The zero-order chi connectivity index (χ0) is 10.4. The average Bonchev–Trinajstić information content (AvgIpc) is 2.64. The van der Waals surface area contributed by atoms with Gasteiger partial charge >= 0.3 is 6.09 Å². The molecule has 1 fully saturated rings. The molecule has 5 heteroatoms. The normalized spacial score (nSPS) is 20.4. The molecular formula is C9H14N2O3. The van der Waals surface area contributed by atoms with E-state index in [2.05, 4.69) is 0 Å². The summed E-state index contributed by atoms with van der Waals surface area (Å²) in [4.78, 5) is 12.0. The van der Waals surface area contributed by atoms with Crippen LogP contribution in [0.25, 0.3) is 0 Å². The number of rotatable bonds is 4. The van der Waals surface area contributed by atoms with Crippen molar-refractivity contribution in [2.45, 2.75) is 25.4 Å². The molecule has 1 rings (SSSR count). The molecule has 1 aliphatic heterocycles. The molecule has 5 nitrogen and oxygen atoms in total. The molecule has 0 aromatic heterocycles. The van der Waals surface area contributed by atoms with Crippen molar-refractivity contribution in [3.8, 4) is 6.07 Å². The van der Waals surface area contributed by atoms with Crippen LogP contribution in [0.5, 0.6) is 0 Å². The summed E-state index contributed by atoms with van der Waals surface area (Å²) in [5.41, 5.74) is 0. The molecule has 1 amide bonds. The first kappa shape index (κ1) is 10.8. The van der Waals surface area contributed by atoms with Crippen molar-refractivity contribution in [2.24, 2.45) is 0 Å². The fraction of sp³-hybridized carbons (Fsp3) is 0.778. The maximum absolute atomic E-state index is 10.8. The highest BCUT2D eigenvalue weighted by atomic mass is 16.5. The average molecular weight is 198 g/mol. The van der Waals surface area contributed by atoms with Crippen LogP contribution in [-0.4, -0.2) is 41.9 Å². The second kappa shape index (κ2) is 5.45. The second-order valence-electron chi connectivity index (χ2n) is 3.27. The van der Waals surface area contributed by atoms with Gasteiger partial charge in [0.15, 0.2) is 0 Å². The van der Waals surface area contributed by atoms with Crippen molar-refractivity contribution in [3.05, 3.63) is 0 Å². The lowest BCUT2D eigenvalue weighted by molar-refractivity contribution is 0.0701. The highest BCUT2D eigenvalue weighted by Crippen LogP contribution is 2.13. The number of nitriles is 1. The molecule has 0 saturated carbocycles. The van der Waals surface area contributed by atoms with E-state index < -0.39 is 6.09 Å². The summed E-state index contributed by atoms with van der Waals surface area (Å²) in [6, 6.07) is 1.93. The number of amides is 1. The third-order valence-electron chi connectivity index (χ3n) is 2.21. The third kappa shape index (κ3) is 3.23. The van der Waals surface area contributed by atoms with Crippen LogP contribution in [0.3, 0.4) is 0 Å². The molecule has 0 bridgehead atoms. The SMILES string of the molecule is N#CCCN(CC1CCCO1)C(=O)O. The van der Waals surface area contributed by atoms with Crippen LogP contribution in [0.4, 0.5) is 4.79 Å². The van der Waals surface area contributed by atoms with Crippen molar-refractivity contribution in [1.29, 1.82) is 5.26 Å². The Labute approximate surface area is 82.9 Å². The topological polar surface area (TPSA) is 73.6 Å². The molecule has 1 unspecified atom stereocenters. The van der Waals surface area contributed by atoms with Gasteiger partial charge in [-0.2, -0.15) is 5.26 Å². The van der Waals surface area contributed by atoms with E-state index >= 15 is 0 Å². The number of nitrogens with zero attached hydrogens (tertiary/aromatic N) is 2. The van der Waals surface area contributed by atoms with Gasteiger partial charge in [-0.25, -0.2) is 4.79 Å². The van der Waals surface area contributed by atoms with Gasteiger partial charge in [0.2, 0.25) is 0 Å². The van der Waals surface area contributed by atoms with Gasteiger partial charge in [0.05, 0.1) is 25.1 Å². The van der Waals surface area contributed by atoms with Gasteiger partial charge in [0.1, 0.15) is 0 Å². The van der Waals surface area contributed by atoms with Crippen LogP contribution in [-0.2, 0) is 4.74 Å². The minimum Gasteiger partial charge on any atom is -0.465 e. The predicted molar refractivity (Wildman–Crippen MR) is 48.8 cm³/mol. The summed E-state index contributed by atoms with van der Waals surface area (Å²) < 4.78 is 5.33. The van der Waals surface area contributed by atoms with Gasteiger partial charge in [-0.3, -0.25) is 0 Å². The maximum Gasteiger partial charge on any atom is 0.407 e. The van der Waals surface area contributed by atoms with Gasteiger partial charge in [-0.05, 0) is 12.8 Å². The molecule has 1 N–H and O–H groups in total. The Hall–Kier alpha value is -1.28. The molecule has 1 heterocycles. The van der Waals surface area contributed by atoms with E-state index in [4.69, 9.17) is 15.1 Å². The van der Waals surface area contributed by atoms with Gasteiger partial charge in [-0.15, -0.1) is 0 Å². The minimum atomic E-state index is -0.976. The lowest BCUT2D eigenvalue weighted by Crippen LogP contribution is -2.36. The summed E-state index contributed by atoms with van der Waals surface area (Å²) >= 11 is 0. The van der Waals surface area contributed by atoms with Gasteiger partial charge in [0, 0.05) is 13.2 Å². The second-order valence-corrected chi connectivity index (χ2v) is 3.27. The van der Waals surface area contributed by atoms with Crippen LogP contribution in [0.15, 0.2) is 0 Å². The summed E-state index contributed by atoms with van der Waals surface area (Å²) in [5, 5.41) is 17.2. The van der Waals surface area contributed by atoms with Crippen molar-refractivity contribution < 1.29 is 14.6 Å². The van der Waals surface area contributed by atoms with Crippen molar-refractivity contribution in [2.75, 3.05) is 19.7 Å². The van der Waals surface area contributed by atoms with E-state index in [1.54, 1.807) is 0 Å². The Bertz CT molecular complexity index is 231. The highest BCUT2D eigenvalue weighted by Gasteiger charge is 2.21. The standard InChI is InChI=1S/C9H14N2O3/c10-4-2-5-11(9(12)13)7-8-3-1-6-14-8/h8H,1-3,5-7H2,(H,12,13). The molecule has 0 radical (unpaired) electrons. The lowest BCUT2D eigenvalue weighted by atomic mass is 10.2. The van der Waals surface area contributed by atoms with Crippen LogP contribution in [0.1, 0.15) is 19.3 Å². The Kier molecular flexibility index (Phi) is 4.20. The Morgan fingerprint density at radius 2 is 2.50 bits per heavy atom. The molecule has 1 atom stereocenters. The largest absolute Gasteiger partial charge is 0.465 e. The number of ether oxygens (including phenoxy) is 1. The van der Waals surface area contributed by atoms with E-state index in [0.29, 0.717) is 6.54 Å². The molecule has 1 aliphatic rings. The van der Waals surface area contributed by atoms with Crippen molar-refractivity contribution in [3.63, 3.8) is 0 Å². The summed E-state index contributed by atoms with van der Waals surface area (Å²) in [6.07, 6.45) is 1.19. The summed E-state index contributed by atoms with van der Waals surface area (Å²) in [5.74, 6) is 0. The number of hydrogen-bond acceptors (Lipinski definition) is 3. The molecule has 0 aliphatic carbocycles. The Morgan fingerprint density at radius 3 is 3.00 bits per heavy atom. The van der Waals surface area contributed by atoms with E-state index in [-0.39, 0.29) is 19.1 Å². The molecule has 14 heavy (non-hydrogen) atoms. The lowest BCUT2D eigenvalue weighted by Gasteiger charge is -2.21. The predicted octanol–water partition coefficient (Wildman–Crippen LogP) is 1.06. The third-order valence-corrected chi connectivity index (χ3v) is 2.21. The first-order chi connectivity index (χ1) is 6.74. The van der Waals surface area contributed by atoms with Crippen LogP contribution < -0.4 is 0 Å². The Morgan fingerprint density at radius 1 is 1.71 bits per heavy atom. The van der Waals surface area contributed by atoms with Gasteiger partial charge in [-0.1, -0.05) is 0 Å². The van der Waals surface area contributed by atoms with Crippen LogP contribution in [0.2, 0.25) is 0 Å². The fourth-order valence-electron chi connectivity index (χ4n) is 1.48. The minimum absolute atomic E-state index is 0.0183. The molecule has 0 aromatic carbocycles. The highest BCUT2D eigenvalue weighted by molar-refractivity contribution is 5.64. The number of carbonyl (C=O) groups is 1. The zero-order valence-corrected chi connectivity index (χ0v) is 7.98. The zero-order valence-electron chi connectivity index (χ0n) is 7.98. The van der Waals surface area contributed by atoms with Crippen LogP contribution in [0, 0.1) is 11.3 Å². The fourth-order valence-corrected chi connectivity index (χ4v) is 1.48. The van der Waals surface area contributed by atoms with Gasteiger partial charge in [0.25, 0.3) is 0 Å². The summed E-state index contributed by atoms with van der Waals surface area (Å²) in [7, 11) is 0. The van der Waals surface area contributed by atoms with E-state index in [9.17, 15) is 4.79 Å². The van der Waals surface area contributed by atoms with Gasteiger partial charge < -0.3 is 14.7 Å². The molecule has 78 valence electrons. The first-order valence-corrected chi connectivity index (χ1v) is 4.70. The molecule has 0 aromatic rings. The van der Waals surface area contributed by atoms with E-state index in [1.165, 1.54) is 4.90 Å². The smallest absolute Gasteiger partial charge is 0.407 e. The number of hydrogen-bond donors (Lipinski definition) is 1. The van der Waals surface area contributed by atoms with E-state index in [1.807, 2.05) is 6.07 Å².